The Morgan fingerprint density at radius 1 is 1.00 bits per heavy atom. The summed E-state index contributed by atoms with van der Waals surface area (Å²) in [5, 5.41) is 2.08. The maximum Gasteiger partial charge on any atom is 0.253 e. The highest BCUT2D eigenvalue weighted by atomic mass is 16.2. The highest BCUT2D eigenvalue weighted by molar-refractivity contribution is 5.98. The van der Waals surface area contributed by atoms with E-state index in [1.165, 1.54) is 5.56 Å². The maximum atomic E-state index is 12.7. The van der Waals surface area contributed by atoms with Gasteiger partial charge in [-0.1, -0.05) is 48.6 Å². The molecule has 2 aromatic carbocycles. The normalized spacial score (nSPS) is 11.4. The molecular formula is C23H25N3O. The third kappa shape index (κ3) is 5.25. The monoisotopic (exact) mass is 359 g/mol. The maximum absolute atomic E-state index is 12.7. The molecule has 0 aliphatic rings. The quantitative estimate of drug-likeness (QED) is 0.641. The molecule has 0 fully saturated rings. The molecule has 0 aliphatic carbocycles. The minimum absolute atomic E-state index is 0.0361. The number of pyridine rings is 1. The number of nitrogens with zero attached hydrogens (tertiary/aromatic N) is 3. The molecule has 0 saturated carbocycles. The van der Waals surface area contributed by atoms with Gasteiger partial charge in [0.25, 0.3) is 5.91 Å². The first kappa shape index (κ1) is 18.8. The Morgan fingerprint density at radius 3 is 2.63 bits per heavy atom. The standard InChI is InChI=1S/C23H25N3O/c1-25(14-6-9-19-7-4-3-5-8-19)15-16-26(2)23(27)21-11-10-20-12-13-24-18-22(20)17-21/h3-13,17-18H,14-16H2,1-2H3/b9-6+. The van der Waals surface area contributed by atoms with Gasteiger partial charge < -0.3 is 9.80 Å². The summed E-state index contributed by atoms with van der Waals surface area (Å²) in [5.74, 6) is 0.0361. The first-order valence-corrected chi connectivity index (χ1v) is 9.13. The summed E-state index contributed by atoms with van der Waals surface area (Å²) in [6, 6.07) is 18.0. The second kappa shape index (κ2) is 9.10. The number of hydrogen-bond acceptors (Lipinski definition) is 3. The van der Waals surface area contributed by atoms with E-state index < -0.39 is 0 Å². The van der Waals surface area contributed by atoms with E-state index in [9.17, 15) is 4.79 Å². The second-order valence-electron chi connectivity index (χ2n) is 6.74. The van der Waals surface area contributed by atoms with Crippen LogP contribution in [0.15, 0.2) is 73.1 Å². The molecular weight excluding hydrogens is 334 g/mol. The Labute approximate surface area is 160 Å². The summed E-state index contributed by atoms with van der Waals surface area (Å²) in [5.41, 5.74) is 1.90. The fourth-order valence-electron chi connectivity index (χ4n) is 2.88. The van der Waals surface area contributed by atoms with Crippen LogP contribution in [-0.2, 0) is 0 Å². The third-order valence-electron chi connectivity index (χ3n) is 4.58. The van der Waals surface area contributed by atoms with Crippen molar-refractivity contribution in [2.24, 2.45) is 0 Å². The molecule has 1 heterocycles. The Bertz CT molecular complexity index is 921. The molecule has 4 heteroatoms. The van der Waals surface area contributed by atoms with E-state index >= 15 is 0 Å². The van der Waals surface area contributed by atoms with Crippen LogP contribution in [0.4, 0.5) is 0 Å². The van der Waals surface area contributed by atoms with Crippen molar-refractivity contribution in [2.75, 3.05) is 33.7 Å². The van der Waals surface area contributed by atoms with Crippen molar-refractivity contribution in [3.8, 4) is 0 Å². The first-order chi connectivity index (χ1) is 13.1. The molecule has 1 aromatic heterocycles. The lowest BCUT2D eigenvalue weighted by Crippen LogP contribution is -2.34. The van der Waals surface area contributed by atoms with Crippen molar-refractivity contribution >= 4 is 22.8 Å². The molecule has 0 bridgehead atoms. The van der Waals surface area contributed by atoms with E-state index in [1.54, 1.807) is 17.3 Å². The van der Waals surface area contributed by atoms with Gasteiger partial charge in [-0.25, -0.2) is 0 Å². The van der Waals surface area contributed by atoms with Crippen molar-refractivity contribution in [1.82, 2.24) is 14.8 Å². The fraction of sp³-hybridized carbons (Fsp3) is 0.217. The SMILES string of the molecule is CN(C/C=C/c1ccccc1)CCN(C)C(=O)c1ccc2ccncc2c1. The van der Waals surface area contributed by atoms with Gasteiger partial charge in [-0.05, 0) is 36.2 Å². The Kier molecular flexibility index (Phi) is 6.34. The molecule has 4 nitrogen and oxygen atoms in total. The zero-order valence-corrected chi connectivity index (χ0v) is 15.9. The molecule has 0 N–H and O–H groups in total. The van der Waals surface area contributed by atoms with Gasteiger partial charge in [-0.3, -0.25) is 9.78 Å². The Hall–Kier alpha value is -2.98. The van der Waals surface area contributed by atoms with Gasteiger partial charge in [0.05, 0.1) is 0 Å². The van der Waals surface area contributed by atoms with E-state index in [0.29, 0.717) is 12.1 Å². The second-order valence-corrected chi connectivity index (χ2v) is 6.74. The first-order valence-electron chi connectivity index (χ1n) is 9.13. The summed E-state index contributed by atoms with van der Waals surface area (Å²) in [6.45, 7) is 2.34. The number of amides is 1. The van der Waals surface area contributed by atoms with Gasteiger partial charge in [-0.2, -0.15) is 0 Å². The predicted octanol–water partition coefficient (Wildman–Crippen LogP) is 3.95. The summed E-state index contributed by atoms with van der Waals surface area (Å²) < 4.78 is 0. The number of hydrogen-bond donors (Lipinski definition) is 0. The lowest BCUT2D eigenvalue weighted by atomic mass is 10.1. The minimum atomic E-state index is 0.0361. The zero-order valence-electron chi connectivity index (χ0n) is 15.9. The smallest absolute Gasteiger partial charge is 0.253 e. The molecule has 0 saturated heterocycles. The average Bonchev–Trinajstić information content (AvgIpc) is 2.72. The lowest BCUT2D eigenvalue weighted by molar-refractivity contribution is 0.0784. The van der Waals surface area contributed by atoms with Crippen molar-refractivity contribution < 1.29 is 4.79 Å². The molecule has 1 amide bonds. The van der Waals surface area contributed by atoms with Gasteiger partial charge in [0, 0.05) is 50.0 Å². The van der Waals surface area contributed by atoms with Gasteiger partial charge >= 0.3 is 0 Å². The van der Waals surface area contributed by atoms with Crippen LogP contribution in [0.25, 0.3) is 16.8 Å². The number of aromatic nitrogens is 1. The van der Waals surface area contributed by atoms with Crippen LogP contribution in [0.2, 0.25) is 0 Å². The third-order valence-corrected chi connectivity index (χ3v) is 4.58. The lowest BCUT2D eigenvalue weighted by Gasteiger charge is -2.21. The van der Waals surface area contributed by atoms with Crippen molar-refractivity contribution in [3.05, 3.63) is 84.2 Å². The Morgan fingerprint density at radius 2 is 1.81 bits per heavy atom. The van der Waals surface area contributed by atoms with Crippen LogP contribution >= 0.6 is 0 Å². The van der Waals surface area contributed by atoms with Crippen molar-refractivity contribution in [3.63, 3.8) is 0 Å². The number of benzene rings is 2. The summed E-state index contributed by atoms with van der Waals surface area (Å²) in [6.07, 6.45) is 7.82. The molecule has 0 radical (unpaired) electrons. The van der Waals surface area contributed by atoms with E-state index in [2.05, 4.69) is 41.2 Å². The molecule has 0 unspecified atom stereocenters. The van der Waals surface area contributed by atoms with Gasteiger partial charge in [-0.15, -0.1) is 0 Å². The predicted molar refractivity (Wildman–Crippen MR) is 112 cm³/mol. The highest BCUT2D eigenvalue weighted by Gasteiger charge is 2.12. The van der Waals surface area contributed by atoms with E-state index in [1.807, 2.05) is 49.5 Å². The number of carbonyl (C=O) groups excluding carboxylic acids is 1. The van der Waals surface area contributed by atoms with Crippen LogP contribution in [0.5, 0.6) is 0 Å². The number of fused-ring (bicyclic) bond motifs is 1. The molecule has 0 atom stereocenters. The number of carbonyl (C=O) groups is 1. The van der Waals surface area contributed by atoms with Gasteiger partial charge in [0.1, 0.15) is 0 Å². The van der Waals surface area contributed by atoms with Crippen LogP contribution in [0, 0.1) is 0 Å². The molecule has 138 valence electrons. The highest BCUT2D eigenvalue weighted by Crippen LogP contribution is 2.15. The van der Waals surface area contributed by atoms with E-state index in [-0.39, 0.29) is 5.91 Å². The average molecular weight is 359 g/mol. The van der Waals surface area contributed by atoms with Gasteiger partial charge in [0.15, 0.2) is 0 Å². The van der Waals surface area contributed by atoms with Crippen LogP contribution in [-0.4, -0.2) is 54.4 Å². The molecule has 3 rings (SSSR count). The summed E-state index contributed by atoms with van der Waals surface area (Å²) in [4.78, 5) is 20.8. The minimum Gasteiger partial charge on any atom is -0.340 e. The largest absolute Gasteiger partial charge is 0.340 e. The van der Waals surface area contributed by atoms with Crippen LogP contribution < -0.4 is 0 Å². The molecule has 0 aliphatic heterocycles. The summed E-state index contributed by atoms with van der Waals surface area (Å²) in [7, 11) is 3.92. The summed E-state index contributed by atoms with van der Waals surface area (Å²) >= 11 is 0. The van der Waals surface area contributed by atoms with Gasteiger partial charge in [0.2, 0.25) is 0 Å². The van der Waals surface area contributed by atoms with Crippen LogP contribution in [0.1, 0.15) is 15.9 Å². The van der Waals surface area contributed by atoms with E-state index in [4.69, 9.17) is 0 Å². The zero-order chi connectivity index (χ0) is 19.1. The molecule has 27 heavy (non-hydrogen) atoms. The van der Waals surface area contributed by atoms with Crippen molar-refractivity contribution in [1.29, 1.82) is 0 Å². The van der Waals surface area contributed by atoms with E-state index in [0.717, 1.165) is 23.9 Å². The Balaban J connectivity index is 1.50. The van der Waals surface area contributed by atoms with Crippen molar-refractivity contribution in [2.45, 2.75) is 0 Å². The number of rotatable bonds is 7. The number of likely N-dealkylation sites (N-methyl/N-ethyl adjacent to an activating group) is 2. The molecule has 3 aromatic rings. The molecule has 0 spiro atoms. The van der Waals surface area contributed by atoms with Crippen LogP contribution in [0.3, 0.4) is 0 Å². The topological polar surface area (TPSA) is 36.4 Å². The fourth-order valence-corrected chi connectivity index (χ4v) is 2.88.